The third-order valence-corrected chi connectivity index (χ3v) is 5.93. The molecule has 4 aromatic rings. The van der Waals surface area contributed by atoms with E-state index in [0.717, 1.165) is 17.5 Å². The van der Waals surface area contributed by atoms with Crippen LogP contribution in [0.15, 0.2) is 48.9 Å². The van der Waals surface area contributed by atoms with Gasteiger partial charge in [-0.1, -0.05) is 23.7 Å². The summed E-state index contributed by atoms with van der Waals surface area (Å²) in [7, 11) is 1.60. The molecule has 0 saturated carbocycles. The summed E-state index contributed by atoms with van der Waals surface area (Å²) in [4.78, 5) is 30.7. The van der Waals surface area contributed by atoms with E-state index < -0.39 is 11.9 Å². The number of rotatable bonds is 6. The van der Waals surface area contributed by atoms with Gasteiger partial charge in [0.05, 0.1) is 31.5 Å². The fourth-order valence-electron chi connectivity index (χ4n) is 3.92. The molecule has 11 heteroatoms. The molecule has 2 N–H and O–H groups in total. The largest absolute Gasteiger partial charge is 0.497 e. The van der Waals surface area contributed by atoms with Crippen molar-refractivity contribution in [1.82, 2.24) is 24.8 Å². The molecule has 0 radical (unpaired) electrons. The van der Waals surface area contributed by atoms with Crippen molar-refractivity contribution in [2.75, 3.05) is 32.2 Å². The minimum atomic E-state index is -0.813. The summed E-state index contributed by atoms with van der Waals surface area (Å²) in [6.45, 7) is 1.28. The second kappa shape index (κ2) is 9.85. The lowest BCUT2D eigenvalue weighted by Crippen LogP contribution is -2.43. The number of nitrogens with one attached hydrogen (secondary N) is 2. The predicted octanol–water partition coefficient (Wildman–Crippen LogP) is 3.66. The monoisotopic (exact) mass is 496 g/mol. The first-order valence-corrected chi connectivity index (χ1v) is 11.3. The van der Waals surface area contributed by atoms with Gasteiger partial charge in [-0.05, 0) is 23.8 Å². The minimum Gasteiger partial charge on any atom is -0.497 e. The molecule has 0 aliphatic carbocycles. The molecule has 3 aromatic heterocycles. The van der Waals surface area contributed by atoms with E-state index in [1.807, 2.05) is 24.3 Å². The van der Waals surface area contributed by atoms with Crippen LogP contribution in [-0.4, -0.2) is 63.7 Å². The number of aromatic amines is 1. The highest BCUT2D eigenvalue weighted by molar-refractivity contribution is 6.31. The number of ether oxygens (including phenoxy) is 2. The smallest absolute Gasteiger partial charge is 0.247 e. The number of halogens is 2. The summed E-state index contributed by atoms with van der Waals surface area (Å²) >= 11 is 6.09. The van der Waals surface area contributed by atoms with Crippen LogP contribution in [0.5, 0.6) is 5.75 Å². The van der Waals surface area contributed by atoms with Gasteiger partial charge in [0.25, 0.3) is 0 Å². The van der Waals surface area contributed by atoms with Crippen LogP contribution in [0.1, 0.15) is 5.56 Å². The van der Waals surface area contributed by atoms with Gasteiger partial charge in [-0.15, -0.1) is 0 Å². The van der Waals surface area contributed by atoms with Crippen LogP contribution in [0.25, 0.3) is 22.4 Å². The van der Waals surface area contributed by atoms with Crippen molar-refractivity contribution in [1.29, 1.82) is 0 Å². The number of methoxy groups -OCH3 is 1. The Morgan fingerprint density at radius 2 is 2.11 bits per heavy atom. The maximum absolute atomic E-state index is 14.7. The molecule has 0 bridgehead atoms. The van der Waals surface area contributed by atoms with Crippen molar-refractivity contribution >= 4 is 34.4 Å². The average Bonchev–Trinajstić information content (AvgIpc) is 3.21. The van der Waals surface area contributed by atoms with Crippen molar-refractivity contribution in [2.24, 2.45) is 0 Å². The topological polar surface area (TPSA) is 105 Å². The molecule has 1 fully saturated rings. The van der Waals surface area contributed by atoms with Crippen LogP contribution < -0.4 is 10.1 Å². The summed E-state index contributed by atoms with van der Waals surface area (Å²) in [5.74, 6) is 0.0282. The van der Waals surface area contributed by atoms with Crippen LogP contribution in [-0.2, 0) is 16.1 Å². The molecule has 180 valence electrons. The number of aromatic nitrogens is 4. The van der Waals surface area contributed by atoms with Gasteiger partial charge in [-0.3, -0.25) is 4.79 Å². The fraction of sp³-hybridized carbons (Fsp3) is 0.250. The molecule has 1 aliphatic rings. The number of benzene rings is 1. The molecular formula is C24H22ClFN6O3. The molecule has 0 spiro atoms. The molecule has 1 amide bonds. The lowest BCUT2D eigenvalue weighted by molar-refractivity contribution is -0.131. The predicted molar refractivity (Wildman–Crippen MR) is 129 cm³/mol. The van der Waals surface area contributed by atoms with Gasteiger partial charge >= 0.3 is 0 Å². The molecule has 5 rings (SSSR count). The minimum absolute atomic E-state index is 0.0866. The molecule has 1 saturated heterocycles. The first-order valence-electron chi connectivity index (χ1n) is 10.9. The van der Waals surface area contributed by atoms with Gasteiger partial charge < -0.3 is 24.7 Å². The van der Waals surface area contributed by atoms with Gasteiger partial charge in [0.15, 0.2) is 17.5 Å². The number of carbonyl (C=O) groups excluding carboxylic acids is 1. The molecule has 1 unspecified atom stereocenters. The zero-order chi connectivity index (χ0) is 24.4. The van der Waals surface area contributed by atoms with E-state index in [2.05, 4.69) is 25.3 Å². The standard InChI is InChI=1S/C24H22ClFN6O3/c1-34-16-4-2-14(3-5-16)12-32-6-7-35-13-20(24(32)33)30-23-19(26)11-29-22(31-23)18-10-28-21-17(18)8-15(25)9-27-21/h2-5,8-11,20H,6-7,12-13H2,1H3,(H,27,28)(H,29,30,31). The summed E-state index contributed by atoms with van der Waals surface area (Å²) in [5, 5.41) is 4.08. The van der Waals surface area contributed by atoms with Gasteiger partial charge in [-0.2, -0.15) is 0 Å². The summed E-state index contributed by atoms with van der Waals surface area (Å²) in [6.07, 6.45) is 4.28. The number of hydrogen-bond acceptors (Lipinski definition) is 7. The lowest BCUT2D eigenvalue weighted by atomic mass is 10.2. The summed E-state index contributed by atoms with van der Waals surface area (Å²) < 4.78 is 25.5. The number of pyridine rings is 1. The highest BCUT2D eigenvalue weighted by atomic mass is 35.5. The van der Waals surface area contributed by atoms with E-state index in [4.69, 9.17) is 21.1 Å². The summed E-state index contributed by atoms with van der Waals surface area (Å²) in [6, 6.07) is 8.41. The Morgan fingerprint density at radius 1 is 1.29 bits per heavy atom. The zero-order valence-electron chi connectivity index (χ0n) is 18.8. The second-order valence-corrected chi connectivity index (χ2v) is 8.46. The maximum atomic E-state index is 14.7. The molecular weight excluding hydrogens is 475 g/mol. The Morgan fingerprint density at radius 3 is 2.91 bits per heavy atom. The first-order chi connectivity index (χ1) is 17.0. The number of amides is 1. The zero-order valence-corrected chi connectivity index (χ0v) is 19.6. The van der Waals surface area contributed by atoms with Gasteiger partial charge in [0.2, 0.25) is 5.91 Å². The van der Waals surface area contributed by atoms with Crippen LogP contribution >= 0.6 is 11.6 Å². The Bertz CT molecular complexity index is 1360. The molecule has 35 heavy (non-hydrogen) atoms. The number of nitrogens with zero attached hydrogens (tertiary/aromatic N) is 4. The van der Waals surface area contributed by atoms with E-state index in [1.54, 1.807) is 24.3 Å². The van der Waals surface area contributed by atoms with Crippen molar-refractivity contribution in [3.63, 3.8) is 0 Å². The Labute approximate surface area is 205 Å². The molecule has 4 heterocycles. The van der Waals surface area contributed by atoms with E-state index >= 15 is 0 Å². The van der Waals surface area contributed by atoms with E-state index in [-0.39, 0.29) is 24.2 Å². The van der Waals surface area contributed by atoms with Crippen molar-refractivity contribution in [3.05, 3.63) is 65.3 Å². The Balaban J connectivity index is 1.38. The van der Waals surface area contributed by atoms with E-state index in [1.165, 1.54) is 6.20 Å². The van der Waals surface area contributed by atoms with E-state index in [0.29, 0.717) is 41.3 Å². The van der Waals surface area contributed by atoms with Crippen molar-refractivity contribution in [2.45, 2.75) is 12.6 Å². The number of H-pyrrole nitrogens is 1. The van der Waals surface area contributed by atoms with Crippen LogP contribution in [0.4, 0.5) is 10.2 Å². The molecule has 1 aromatic carbocycles. The SMILES string of the molecule is COc1ccc(CN2CCOCC(Nc3nc(-c4c[nH]c5ncc(Cl)cc45)ncc3F)C2=O)cc1. The normalized spacial score (nSPS) is 16.4. The lowest BCUT2D eigenvalue weighted by Gasteiger charge is -2.24. The van der Waals surface area contributed by atoms with Gasteiger partial charge in [0.1, 0.15) is 17.4 Å². The van der Waals surface area contributed by atoms with Crippen LogP contribution in [0, 0.1) is 5.82 Å². The van der Waals surface area contributed by atoms with Crippen LogP contribution in [0.3, 0.4) is 0 Å². The highest BCUT2D eigenvalue weighted by Crippen LogP contribution is 2.28. The third kappa shape index (κ3) is 4.89. The van der Waals surface area contributed by atoms with E-state index in [9.17, 15) is 9.18 Å². The first kappa shape index (κ1) is 23.0. The number of carbonyl (C=O) groups is 1. The molecule has 1 atom stereocenters. The van der Waals surface area contributed by atoms with Crippen LogP contribution in [0.2, 0.25) is 5.02 Å². The fourth-order valence-corrected chi connectivity index (χ4v) is 4.07. The quantitative estimate of drug-likeness (QED) is 0.419. The number of fused-ring (bicyclic) bond motifs is 1. The highest BCUT2D eigenvalue weighted by Gasteiger charge is 2.29. The maximum Gasteiger partial charge on any atom is 0.247 e. The molecule has 9 nitrogen and oxygen atoms in total. The summed E-state index contributed by atoms with van der Waals surface area (Å²) in [5.41, 5.74) is 2.16. The third-order valence-electron chi connectivity index (χ3n) is 5.73. The van der Waals surface area contributed by atoms with Crippen molar-refractivity contribution in [3.8, 4) is 17.1 Å². The Kier molecular flexibility index (Phi) is 6.47. The molecule has 1 aliphatic heterocycles. The van der Waals surface area contributed by atoms with Gasteiger partial charge in [0, 0.05) is 36.4 Å². The number of anilines is 1. The number of hydrogen-bond donors (Lipinski definition) is 2. The average molecular weight is 497 g/mol. The Hall–Kier alpha value is -3.76. The second-order valence-electron chi connectivity index (χ2n) is 8.02. The van der Waals surface area contributed by atoms with Crippen molar-refractivity contribution < 1.29 is 18.7 Å². The van der Waals surface area contributed by atoms with Gasteiger partial charge in [-0.25, -0.2) is 19.3 Å².